The molecule has 6 heteroatoms. The van der Waals surface area contributed by atoms with Crippen LogP contribution in [0.1, 0.15) is 19.4 Å². The van der Waals surface area contributed by atoms with Gasteiger partial charge in [0.1, 0.15) is 10.8 Å². The average molecular weight is 312 g/mol. The maximum absolute atomic E-state index is 6.08. The molecule has 20 heavy (non-hydrogen) atoms. The molecule has 0 aliphatic heterocycles. The number of halogens is 2. The predicted octanol–water partition coefficient (Wildman–Crippen LogP) is 4.57. The predicted molar refractivity (Wildman–Crippen MR) is 82.1 cm³/mol. The van der Waals surface area contributed by atoms with Crippen molar-refractivity contribution in [2.24, 2.45) is 0 Å². The van der Waals surface area contributed by atoms with E-state index in [1.54, 1.807) is 12.1 Å². The number of anilines is 1. The van der Waals surface area contributed by atoms with Crippen LogP contribution in [-0.2, 0) is 6.42 Å². The van der Waals surface area contributed by atoms with Gasteiger partial charge in [0, 0.05) is 11.6 Å². The molecule has 0 saturated heterocycles. The highest BCUT2D eigenvalue weighted by molar-refractivity contribution is 6.32. The van der Waals surface area contributed by atoms with E-state index in [2.05, 4.69) is 15.3 Å². The number of aromatic nitrogens is 2. The fourth-order valence-electron chi connectivity index (χ4n) is 1.66. The van der Waals surface area contributed by atoms with E-state index in [0.29, 0.717) is 22.6 Å². The molecule has 0 atom stereocenters. The summed E-state index contributed by atoms with van der Waals surface area (Å²) in [7, 11) is 0. The van der Waals surface area contributed by atoms with Crippen molar-refractivity contribution in [2.45, 2.75) is 20.3 Å². The van der Waals surface area contributed by atoms with Crippen LogP contribution in [-0.4, -0.2) is 16.5 Å². The maximum Gasteiger partial charge on any atom is 0.243 e. The minimum atomic E-state index is 0.321. The van der Waals surface area contributed by atoms with Gasteiger partial charge in [0.15, 0.2) is 0 Å². The van der Waals surface area contributed by atoms with Crippen LogP contribution in [0.15, 0.2) is 24.4 Å². The summed E-state index contributed by atoms with van der Waals surface area (Å²) in [6.45, 7) is 4.72. The van der Waals surface area contributed by atoms with E-state index in [1.165, 1.54) is 6.20 Å². The first-order valence-electron chi connectivity index (χ1n) is 6.36. The van der Waals surface area contributed by atoms with Gasteiger partial charge in [-0.3, -0.25) is 0 Å². The van der Waals surface area contributed by atoms with Gasteiger partial charge in [-0.05, 0) is 37.1 Å². The molecule has 0 amide bonds. The minimum Gasteiger partial charge on any atom is -0.437 e. The van der Waals surface area contributed by atoms with Crippen molar-refractivity contribution >= 4 is 29.2 Å². The van der Waals surface area contributed by atoms with Crippen molar-refractivity contribution in [3.05, 3.63) is 40.0 Å². The Labute approximate surface area is 128 Å². The number of hydrogen-bond donors (Lipinski definition) is 1. The zero-order valence-electron chi connectivity index (χ0n) is 11.3. The molecule has 0 fully saturated rings. The number of ether oxygens (including phenoxy) is 1. The molecular weight excluding hydrogens is 297 g/mol. The Hall–Kier alpha value is -1.52. The maximum atomic E-state index is 6.08. The van der Waals surface area contributed by atoms with E-state index >= 15 is 0 Å². The van der Waals surface area contributed by atoms with E-state index in [4.69, 9.17) is 27.9 Å². The second kappa shape index (κ2) is 6.77. The fraction of sp³-hybridized carbons (Fsp3) is 0.286. The van der Waals surface area contributed by atoms with E-state index in [9.17, 15) is 0 Å². The summed E-state index contributed by atoms with van der Waals surface area (Å²) in [6.07, 6.45) is 2.34. The lowest BCUT2D eigenvalue weighted by molar-refractivity contribution is 0.462. The number of aryl methyl sites for hydroxylation is 1. The van der Waals surface area contributed by atoms with Crippen molar-refractivity contribution < 1.29 is 4.74 Å². The molecule has 0 aliphatic rings. The second-order valence-corrected chi connectivity index (χ2v) is 4.90. The van der Waals surface area contributed by atoms with Crippen LogP contribution in [0.4, 0.5) is 5.95 Å². The van der Waals surface area contributed by atoms with Crippen LogP contribution in [0.25, 0.3) is 0 Å². The Balaban J connectivity index is 2.27. The number of hydrogen-bond acceptors (Lipinski definition) is 4. The quantitative estimate of drug-likeness (QED) is 0.878. The van der Waals surface area contributed by atoms with Crippen molar-refractivity contribution in [3.8, 4) is 11.6 Å². The first-order chi connectivity index (χ1) is 9.63. The van der Waals surface area contributed by atoms with Crippen molar-refractivity contribution in [3.63, 3.8) is 0 Å². The molecule has 4 nitrogen and oxygen atoms in total. The normalized spacial score (nSPS) is 10.4. The highest BCUT2D eigenvalue weighted by Crippen LogP contribution is 2.30. The van der Waals surface area contributed by atoms with Crippen LogP contribution in [0, 0.1) is 0 Å². The van der Waals surface area contributed by atoms with Crippen LogP contribution in [0.3, 0.4) is 0 Å². The standard InChI is InChI=1S/C14H15Cl2N3O/c1-3-9-7-10(5-6-11(9)15)20-13-12(16)8-18-14(19-13)17-4-2/h5-8H,3-4H2,1-2H3,(H,17,18,19). The summed E-state index contributed by atoms with van der Waals surface area (Å²) >= 11 is 12.1. The van der Waals surface area contributed by atoms with Crippen LogP contribution in [0.5, 0.6) is 11.6 Å². The molecule has 0 bridgehead atoms. The van der Waals surface area contributed by atoms with Gasteiger partial charge < -0.3 is 10.1 Å². The highest BCUT2D eigenvalue weighted by atomic mass is 35.5. The zero-order valence-corrected chi connectivity index (χ0v) is 12.8. The third-order valence-electron chi connectivity index (χ3n) is 2.66. The highest BCUT2D eigenvalue weighted by Gasteiger charge is 2.09. The lowest BCUT2D eigenvalue weighted by Gasteiger charge is -2.10. The summed E-state index contributed by atoms with van der Waals surface area (Å²) in [5.41, 5.74) is 1.02. The molecule has 0 radical (unpaired) electrons. The number of benzene rings is 1. The van der Waals surface area contributed by atoms with Gasteiger partial charge in [0.2, 0.25) is 11.8 Å². The summed E-state index contributed by atoms with van der Waals surface area (Å²) in [4.78, 5) is 8.29. The lowest BCUT2D eigenvalue weighted by atomic mass is 10.1. The van der Waals surface area contributed by atoms with E-state index < -0.39 is 0 Å². The topological polar surface area (TPSA) is 47.0 Å². The van der Waals surface area contributed by atoms with Gasteiger partial charge in [-0.2, -0.15) is 4.98 Å². The molecule has 0 saturated carbocycles. The summed E-state index contributed by atoms with van der Waals surface area (Å²) < 4.78 is 5.71. The fourth-order valence-corrected chi connectivity index (χ4v) is 2.04. The van der Waals surface area contributed by atoms with Gasteiger partial charge in [-0.15, -0.1) is 0 Å². The largest absolute Gasteiger partial charge is 0.437 e. The van der Waals surface area contributed by atoms with E-state index in [0.717, 1.165) is 23.6 Å². The monoisotopic (exact) mass is 311 g/mol. The van der Waals surface area contributed by atoms with Crippen LogP contribution in [0.2, 0.25) is 10.0 Å². The number of rotatable bonds is 5. The smallest absolute Gasteiger partial charge is 0.243 e. The minimum absolute atomic E-state index is 0.321. The van der Waals surface area contributed by atoms with Crippen molar-refractivity contribution in [1.82, 2.24) is 9.97 Å². The number of nitrogens with one attached hydrogen (secondary N) is 1. The average Bonchev–Trinajstić information content (AvgIpc) is 2.45. The van der Waals surface area contributed by atoms with Crippen LogP contribution >= 0.6 is 23.2 Å². The third kappa shape index (κ3) is 3.52. The Bertz CT molecular complexity index is 605. The Morgan fingerprint density at radius 1 is 1.20 bits per heavy atom. The Morgan fingerprint density at radius 3 is 2.70 bits per heavy atom. The molecule has 1 heterocycles. The van der Waals surface area contributed by atoms with Gasteiger partial charge in [-0.1, -0.05) is 30.1 Å². The number of nitrogens with zero attached hydrogens (tertiary/aromatic N) is 2. The molecule has 1 N–H and O–H groups in total. The first-order valence-corrected chi connectivity index (χ1v) is 7.12. The van der Waals surface area contributed by atoms with E-state index in [-0.39, 0.29) is 0 Å². The third-order valence-corrected chi connectivity index (χ3v) is 3.29. The molecule has 2 aromatic rings. The molecular formula is C14H15Cl2N3O. The summed E-state index contributed by atoms with van der Waals surface area (Å²) in [5, 5.41) is 4.10. The van der Waals surface area contributed by atoms with E-state index in [1.807, 2.05) is 19.9 Å². The first kappa shape index (κ1) is 14.9. The molecule has 1 aromatic carbocycles. The molecule has 0 spiro atoms. The summed E-state index contributed by atoms with van der Waals surface area (Å²) in [5.74, 6) is 1.45. The lowest BCUT2D eigenvalue weighted by Crippen LogP contribution is -2.03. The molecule has 2 rings (SSSR count). The molecule has 0 aliphatic carbocycles. The van der Waals surface area contributed by atoms with Crippen LogP contribution < -0.4 is 10.1 Å². The van der Waals surface area contributed by atoms with Crippen molar-refractivity contribution in [2.75, 3.05) is 11.9 Å². The molecule has 0 unspecified atom stereocenters. The SMILES string of the molecule is CCNc1ncc(Cl)c(Oc2ccc(Cl)c(CC)c2)n1. The van der Waals surface area contributed by atoms with Gasteiger partial charge in [-0.25, -0.2) is 4.98 Å². The van der Waals surface area contributed by atoms with Gasteiger partial charge in [0.05, 0.1) is 6.20 Å². The Morgan fingerprint density at radius 2 is 2.00 bits per heavy atom. The second-order valence-electron chi connectivity index (χ2n) is 4.09. The summed E-state index contributed by atoms with van der Waals surface area (Å²) in [6, 6.07) is 5.47. The van der Waals surface area contributed by atoms with Gasteiger partial charge in [0.25, 0.3) is 0 Å². The zero-order chi connectivity index (χ0) is 14.5. The molecule has 106 valence electrons. The Kier molecular flexibility index (Phi) is 5.04. The molecule has 1 aromatic heterocycles. The van der Waals surface area contributed by atoms with Crippen molar-refractivity contribution in [1.29, 1.82) is 0 Å². The van der Waals surface area contributed by atoms with Gasteiger partial charge >= 0.3 is 0 Å².